The largest absolute Gasteiger partial charge is 0.378 e. The minimum atomic E-state index is 0. The van der Waals surface area contributed by atoms with Gasteiger partial charge in [-0.25, -0.2) is 0 Å². The molecule has 3 rings (SSSR count). The number of nitrogens with one attached hydrogen (secondary N) is 1. The van der Waals surface area contributed by atoms with Gasteiger partial charge in [0.15, 0.2) is 5.96 Å². The Balaban J connectivity index is 0.00000192. The van der Waals surface area contributed by atoms with Crippen molar-refractivity contribution in [1.29, 1.82) is 0 Å². The van der Waals surface area contributed by atoms with Crippen LogP contribution in [0.3, 0.4) is 0 Å². The molecule has 0 unspecified atom stereocenters. The van der Waals surface area contributed by atoms with Crippen molar-refractivity contribution in [2.45, 2.75) is 38.3 Å². The second-order valence-corrected chi connectivity index (χ2v) is 8.01. The summed E-state index contributed by atoms with van der Waals surface area (Å²) < 4.78 is 7.16. The lowest BCUT2D eigenvalue weighted by Gasteiger charge is -2.34. The number of piperidine rings is 1. The van der Waals surface area contributed by atoms with E-state index in [2.05, 4.69) is 42.6 Å². The highest BCUT2D eigenvalue weighted by molar-refractivity contribution is 14.0. The number of ether oxygens (including phenoxy) is 1. The first-order valence-electron chi connectivity index (χ1n) is 8.04. The Bertz CT molecular complexity index is 513. The van der Waals surface area contributed by atoms with Crippen molar-refractivity contribution >= 4 is 57.2 Å². The van der Waals surface area contributed by atoms with Crippen molar-refractivity contribution in [1.82, 2.24) is 10.2 Å². The summed E-state index contributed by atoms with van der Waals surface area (Å²) in [6.45, 7) is 3.87. The Kier molecular flexibility index (Phi) is 8.11. The van der Waals surface area contributed by atoms with Crippen LogP contribution in [0.2, 0.25) is 0 Å². The fourth-order valence-electron chi connectivity index (χ4n) is 2.74. The molecule has 2 fully saturated rings. The molecule has 7 heteroatoms. The first-order chi connectivity index (χ1) is 10.7. The standard InChI is InChI=1S/C16H24BrN3OS.HI/c1-18-16(19-9-15-8-13(17)11-22-15)20-6-4-14(5-7-20)21-10-12-2-3-12;/h8,11-12,14H,2-7,9-10H2,1H3,(H,18,19);1H. The third kappa shape index (κ3) is 6.17. The minimum absolute atomic E-state index is 0. The summed E-state index contributed by atoms with van der Waals surface area (Å²) in [7, 11) is 1.86. The van der Waals surface area contributed by atoms with E-state index in [0.717, 1.165) is 55.4 Å². The van der Waals surface area contributed by atoms with E-state index in [0.29, 0.717) is 6.10 Å². The quantitative estimate of drug-likeness (QED) is 0.366. The Labute approximate surface area is 168 Å². The summed E-state index contributed by atoms with van der Waals surface area (Å²) in [5.41, 5.74) is 0. The number of hydrogen-bond acceptors (Lipinski definition) is 3. The van der Waals surface area contributed by atoms with Crippen LogP contribution in [-0.2, 0) is 11.3 Å². The van der Waals surface area contributed by atoms with E-state index >= 15 is 0 Å². The second-order valence-electron chi connectivity index (χ2n) is 6.10. The zero-order valence-corrected chi connectivity index (χ0v) is 18.2. The molecule has 2 heterocycles. The Hall–Kier alpha value is 0.140. The van der Waals surface area contributed by atoms with Gasteiger partial charge in [0.1, 0.15) is 0 Å². The zero-order chi connectivity index (χ0) is 15.4. The number of rotatable bonds is 5. The van der Waals surface area contributed by atoms with Crippen LogP contribution in [0.1, 0.15) is 30.6 Å². The van der Waals surface area contributed by atoms with Crippen LogP contribution < -0.4 is 5.32 Å². The van der Waals surface area contributed by atoms with Crippen molar-refractivity contribution < 1.29 is 4.74 Å². The molecule has 0 aromatic carbocycles. The maximum atomic E-state index is 6.01. The van der Waals surface area contributed by atoms with E-state index in [1.54, 1.807) is 11.3 Å². The Morgan fingerprint density at radius 3 is 2.70 bits per heavy atom. The third-order valence-corrected chi connectivity index (χ3v) is 5.96. The van der Waals surface area contributed by atoms with Gasteiger partial charge in [0.25, 0.3) is 0 Å². The van der Waals surface area contributed by atoms with E-state index < -0.39 is 0 Å². The molecule has 1 aromatic heterocycles. The summed E-state index contributed by atoms with van der Waals surface area (Å²) >= 11 is 5.26. The maximum absolute atomic E-state index is 6.01. The summed E-state index contributed by atoms with van der Waals surface area (Å²) in [5, 5.41) is 5.58. The van der Waals surface area contributed by atoms with E-state index in [1.807, 2.05) is 7.05 Å². The van der Waals surface area contributed by atoms with Gasteiger partial charge >= 0.3 is 0 Å². The number of nitrogens with zero attached hydrogens (tertiary/aromatic N) is 2. The molecule has 130 valence electrons. The fourth-order valence-corrected chi connectivity index (χ4v) is 4.13. The molecule has 0 amide bonds. The zero-order valence-electron chi connectivity index (χ0n) is 13.5. The van der Waals surface area contributed by atoms with Gasteiger partial charge in [0.2, 0.25) is 0 Å². The van der Waals surface area contributed by atoms with Gasteiger partial charge < -0.3 is 15.0 Å². The number of guanidine groups is 1. The summed E-state index contributed by atoms with van der Waals surface area (Å²) in [6.07, 6.45) is 5.40. The average molecular weight is 514 g/mol. The summed E-state index contributed by atoms with van der Waals surface area (Å²) in [5.74, 6) is 1.86. The van der Waals surface area contributed by atoms with Crippen molar-refractivity contribution in [3.63, 3.8) is 0 Å². The lowest BCUT2D eigenvalue weighted by molar-refractivity contribution is 0.0131. The van der Waals surface area contributed by atoms with Gasteiger partial charge in [-0.15, -0.1) is 35.3 Å². The summed E-state index contributed by atoms with van der Waals surface area (Å²) in [6, 6.07) is 2.16. The third-order valence-electron chi connectivity index (χ3n) is 4.26. The molecule has 1 aliphatic carbocycles. The predicted octanol–water partition coefficient (Wildman–Crippen LogP) is 4.10. The molecule has 2 aliphatic rings. The highest BCUT2D eigenvalue weighted by Crippen LogP contribution is 2.30. The molecule has 23 heavy (non-hydrogen) atoms. The van der Waals surface area contributed by atoms with Crippen molar-refractivity contribution in [2.75, 3.05) is 26.7 Å². The first-order valence-corrected chi connectivity index (χ1v) is 9.72. The fraction of sp³-hybridized carbons (Fsp3) is 0.688. The van der Waals surface area contributed by atoms with E-state index in [4.69, 9.17) is 4.74 Å². The maximum Gasteiger partial charge on any atom is 0.193 e. The van der Waals surface area contributed by atoms with E-state index in [1.165, 1.54) is 17.7 Å². The van der Waals surface area contributed by atoms with Crippen LogP contribution in [0.4, 0.5) is 0 Å². The highest BCUT2D eigenvalue weighted by Gasteiger charge is 2.26. The minimum Gasteiger partial charge on any atom is -0.378 e. The van der Waals surface area contributed by atoms with Crippen molar-refractivity contribution in [3.8, 4) is 0 Å². The molecule has 1 aliphatic heterocycles. The topological polar surface area (TPSA) is 36.9 Å². The van der Waals surface area contributed by atoms with Crippen LogP contribution in [0.25, 0.3) is 0 Å². The molecule has 0 spiro atoms. The van der Waals surface area contributed by atoms with Gasteiger partial charge in [0, 0.05) is 41.5 Å². The number of aliphatic imine (C=N–C) groups is 1. The van der Waals surface area contributed by atoms with Crippen LogP contribution in [0.15, 0.2) is 20.9 Å². The second kappa shape index (κ2) is 9.58. The average Bonchev–Trinajstić information content (AvgIpc) is 3.28. The molecule has 1 saturated heterocycles. The van der Waals surface area contributed by atoms with Gasteiger partial charge in [-0.05, 0) is 53.6 Å². The SMILES string of the molecule is CN=C(NCc1cc(Br)cs1)N1CCC(OCC2CC2)CC1.I. The lowest BCUT2D eigenvalue weighted by Crippen LogP contribution is -2.46. The number of likely N-dealkylation sites (tertiary alicyclic amines) is 1. The van der Waals surface area contributed by atoms with Crippen LogP contribution in [0, 0.1) is 5.92 Å². The van der Waals surface area contributed by atoms with E-state index in [9.17, 15) is 0 Å². The van der Waals surface area contributed by atoms with Crippen LogP contribution in [0.5, 0.6) is 0 Å². The smallest absolute Gasteiger partial charge is 0.193 e. The van der Waals surface area contributed by atoms with Gasteiger partial charge in [0.05, 0.1) is 12.6 Å². The van der Waals surface area contributed by atoms with E-state index in [-0.39, 0.29) is 24.0 Å². The molecule has 0 radical (unpaired) electrons. The van der Waals surface area contributed by atoms with Crippen LogP contribution >= 0.6 is 51.2 Å². The Morgan fingerprint density at radius 1 is 1.39 bits per heavy atom. The number of thiophene rings is 1. The van der Waals surface area contributed by atoms with Gasteiger partial charge in [-0.1, -0.05) is 0 Å². The highest BCUT2D eigenvalue weighted by atomic mass is 127. The van der Waals surface area contributed by atoms with Crippen LogP contribution in [-0.4, -0.2) is 43.7 Å². The molecule has 1 N–H and O–H groups in total. The lowest BCUT2D eigenvalue weighted by atomic mass is 10.1. The number of hydrogen-bond donors (Lipinski definition) is 1. The molecule has 1 saturated carbocycles. The monoisotopic (exact) mass is 513 g/mol. The molecular formula is C16H25BrIN3OS. The summed E-state index contributed by atoms with van der Waals surface area (Å²) in [4.78, 5) is 8.09. The molecule has 0 atom stereocenters. The molecule has 1 aromatic rings. The van der Waals surface area contributed by atoms with Gasteiger partial charge in [-0.2, -0.15) is 0 Å². The van der Waals surface area contributed by atoms with Crippen molar-refractivity contribution in [2.24, 2.45) is 10.9 Å². The molecular weight excluding hydrogens is 489 g/mol. The van der Waals surface area contributed by atoms with Crippen molar-refractivity contribution in [3.05, 3.63) is 20.8 Å². The van der Waals surface area contributed by atoms with Gasteiger partial charge in [-0.3, -0.25) is 4.99 Å². The number of halogens is 2. The first kappa shape index (κ1) is 19.5. The molecule has 4 nitrogen and oxygen atoms in total. The Morgan fingerprint density at radius 2 is 2.13 bits per heavy atom. The molecule has 0 bridgehead atoms. The normalized spacial score (nSPS) is 19.6. The predicted molar refractivity (Wildman–Crippen MR) is 111 cm³/mol.